The number of halogens is 1. The summed E-state index contributed by atoms with van der Waals surface area (Å²) in [5.41, 5.74) is 3.67. The quantitative estimate of drug-likeness (QED) is 0.622. The fourth-order valence-electron chi connectivity index (χ4n) is 4.27. The average Bonchev–Trinajstić information content (AvgIpc) is 2.66. The van der Waals surface area contributed by atoms with Crippen molar-refractivity contribution in [2.45, 2.75) is 31.1 Å². The van der Waals surface area contributed by atoms with Gasteiger partial charge in [-0.05, 0) is 90.0 Å². The molecule has 1 fully saturated rings. The molecule has 0 bridgehead atoms. The summed E-state index contributed by atoms with van der Waals surface area (Å²) in [6, 6.07) is 13.1. The first kappa shape index (κ1) is 18.1. The lowest BCUT2D eigenvalue weighted by Gasteiger charge is -2.46. The smallest absolute Gasteiger partial charge is 0.161 e. The number of likely N-dealkylation sites (tertiary alicyclic amines) is 1. The number of rotatable bonds is 3. The Balaban J connectivity index is 1.89. The molecule has 0 N–H and O–H groups in total. The minimum Gasteiger partial charge on any atom is -0.493 e. The second-order valence-electron chi connectivity index (χ2n) is 7.01. The Hall–Kier alpha value is -1.31. The van der Waals surface area contributed by atoms with Crippen LogP contribution >= 0.6 is 22.6 Å². The summed E-state index contributed by atoms with van der Waals surface area (Å²) in [5.74, 6) is 1.54. The molecule has 26 heavy (non-hydrogen) atoms. The summed E-state index contributed by atoms with van der Waals surface area (Å²) >= 11 is 2.36. The number of hydrogen-bond acceptors (Lipinski definition) is 4. The number of piperidine rings is 1. The van der Waals surface area contributed by atoms with Gasteiger partial charge in [-0.3, -0.25) is 4.90 Å². The van der Waals surface area contributed by atoms with Gasteiger partial charge in [0.05, 0.1) is 26.4 Å². The van der Waals surface area contributed by atoms with Crippen molar-refractivity contribution < 1.29 is 14.2 Å². The number of fused-ring (bicyclic) bond motifs is 3. The van der Waals surface area contributed by atoms with Gasteiger partial charge >= 0.3 is 0 Å². The molecule has 2 aliphatic rings. The zero-order valence-corrected chi connectivity index (χ0v) is 17.5. The molecule has 3 atom stereocenters. The molecular formula is C21H24INO3. The van der Waals surface area contributed by atoms with Crippen molar-refractivity contribution >= 4 is 22.6 Å². The molecule has 2 aromatic rings. The maximum absolute atomic E-state index is 6.66. The minimum atomic E-state index is -0.0766. The lowest BCUT2D eigenvalue weighted by molar-refractivity contribution is -0.0793. The van der Waals surface area contributed by atoms with Gasteiger partial charge in [-0.15, -0.1) is 0 Å². The highest BCUT2D eigenvalue weighted by Gasteiger charge is 2.41. The molecule has 138 valence electrons. The van der Waals surface area contributed by atoms with Crippen LogP contribution in [0.1, 0.15) is 41.7 Å². The van der Waals surface area contributed by atoms with Crippen molar-refractivity contribution in [2.75, 3.05) is 27.8 Å². The number of hydrogen-bond donors (Lipinski definition) is 0. The van der Waals surface area contributed by atoms with E-state index in [1.54, 1.807) is 14.2 Å². The molecule has 5 heteroatoms. The van der Waals surface area contributed by atoms with Crippen LogP contribution < -0.4 is 9.47 Å². The van der Waals surface area contributed by atoms with Gasteiger partial charge in [-0.2, -0.15) is 0 Å². The first-order chi connectivity index (χ1) is 12.6. The van der Waals surface area contributed by atoms with E-state index < -0.39 is 0 Å². The van der Waals surface area contributed by atoms with Crippen LogP contribution in [0.25, 0.3) is 0 Å². The summed E-state index contributed by atoms with van der Waals surface area (Å²) in [6.07, 6.45) is 2.37. The minimum absolute atomic E-state index is 0.0766. The Bertz CT molecular complexity index is 810. The molecule has 2 heterocycles. The van der Waals surface area contributed by atoms with Crippen LogP contribution in [0, 0.1) is 3.57 Å². The third-order valence-corrected chi connectivity index (χ3v) is 6.15. The SMILES string of the molecule is COc1cc2c(cc1OC)[C@@H]1[C@@H](CCCN1C)OC2c1cccc(I)c1. The number of methoxy groups -OCH3 is 2. The molecular weight excluding hydrogens is 441 g/mol. The van der Waals surface area contributed by atoms with Crippen LogP contribution in [-0.4, -0.2) is 38.8 Å². The van der Waals surface area contributed by atoms with Crippen molar-refractivity contribution in [3.63, 3.8) is 0 Å². The number of likely N-dealkylation sites (N-methyl/N-ethyl adjacent to an activating group) is 1. The molecule has 1 unspecified atom stereocenters. The van der Waals surface area contributed by atoms with E-state index in [1.165, 1.54) is 26.7 Å². The van der Waals surface area contributed by atoms with Crippen molar-refractivity contribution in [1.29, 1.82) is 0 Å². The lowest BCUT2D eigenvalue weighted by Crippen LogP contribution is -2.44. The van der Waals surface area contributed by atoms with E-state index in [4.69, 9.17) is 14.2 Å². The lowest BCUT2D eigenvalue weighted by atomic mass is 9.83. The molecule has 0 aromatic heterocycles. The van der Waals surface area contributed by atoms with Gasteiger partial charge in [-0.25, -0.2) is 0 Å². The molecule has 0 spiro atoms. The normalized spacial score (nSPS) is 25.3. The van der Waals surface area contributed by atoms with E-state index in [0.717, 1.165) is 24.5 Å². The maximum Gasteiger partial charge on any atom is 0.161 e. The van der Waals surface area contributed by atoms with E-state index in [0.29, 0.717) is 0 Å². The molecule has 4 nitrogen and oxygen atoms in total. The Kier molecular flexibility index (Phi) is 5.12. The number of benzene rings is 2. The van der Waals surface area contributed by atoms with Crippen LogP contribution in [0.3, 0.4) is 0 Å². The summed E-state index contributed by atoms with van der Waals surface area (Å²) in [5, 5.41) is 0. The second-order valence-corrected chi connectivity index (χ2v) is 8.26. The van der Waals surface area contributed by atoms with Crippen LogP contribution in [-0.2, 0) is 4.74 Å². The van der Waals surface area contributed by atoms with Crippen molar-refractivity contribution in [2.24, 2.45) is 0 Å². The number of nitrogens with zero attached hydrogens (tertiary/aromatic N) is 1. The molecule has 2 aromatic carbocycles. The predicted molar refractivity (Wildman–Crippen MR) is 110 cm³/mol. The largest absolute Gasteiger partial charge is 0.493 e. The molecule has 0 amide bonds. The summed E-state index contributed by atoms with van der Waals surface area (Å²) in [4.78, 5) is 2.41. The first-order valence-electron chi connectivity index (χ1n) is 8.99. The fourth-order valence-corrected chi connectivity index (χ4v) is 4.84. The third-order valence-electron chi connectivity index (χ3n) is 5.48. The Morgan fingerprint density at radius 3 is 2.50 bits per heavy atom. The van der Waals surface area contributed by atoms with Gasteiger partial charge in [-0.1, -0.05) is 12.1 Å². The van der Waals surface area contributed by atoms with E-state index in [2.05, 4.69) is 70.9 Å². The summed E-state index contributed by atoms with van der Waals surface area (Å²) in [6.45, 7) is 1.09. The topological polar surface area (TPSA) is 30.9 Å². The molecule has 0 saturated carbocycles. The summed E-state index contributed by atoms with van der Waals surface area (Å²) < 4.78 is 19.0. The van der Waals surface area contributed by atoms with E-state index in [1.807, 2.05) is 0 Å². The fraction of sp³-hybridized carbons (Fsp3) is 0.429. The summed E-state index contributed by atoms with van der Waals surface area (Å²) in [7, 11) is 5.57. The molecule has 0 aliphatic carbocycles. The van der Waals surface area contributed by atoms with Gasteiger partial charge in [0.1, 0.15) is 6.10 Å². The van der Waals surface area contributed by atoms with Crippen molar-refractivity contribution in [3.05, 3.63) is 56.7 Å². The predicted octanol–water partition coefficient (Wildman–Crippen LogP) is 4.56. The standard InChI is InChI=1S/C21H24INO3/c1-23-9-5-8-17-20(23)15-11-18(24-2)19(25-3)12-16(15)21(26-17)13-6-4-7-14(22)10-13/h4,6-7,10-12,17,20-21H,5,8-9H2,1-3H3/t17-,20-,21?/m1/s1. The van der Waals surface area contributed by atoms with Gasteiger partial charge < -0.3 is 14.2 Å². The van der Waals surface area contributed by atoms with E-state index in [9.17, 15) is 0 Å². The van der Waals surface area contributed by atoms with Crippen LogP contribution in [0.4, 0.5) is 0 Å². The van der Waals surface area contributed by atoms with Crippen molar-refractivity contribution in [3.8, 4) is 11.5 Å². The van der Waals surface area contributed by atoms with Gasteiger partial charge in [0.25, 0.3) is 0 Å². The van der Waals surface area contributed by atoms with E-state index >= 15 is 0 Å². The Labute approximate surface area is 168 Å². The highest BCUT2D eigenvalue weighted by molar-refractivity contribution is 14.1. The molecule has 0 radical (unpaired) electrons. The average molecular weight is 465 g/mol. The van der Waals surface area contributed by atoms with E-state index in [-0.39, 0.29) is 18.2 Å². The highest BCUT2D eigenvalue weighted by atomic mass is 127. The molecule has 2 aliphatic heterocycles. The monoisotopic (exact) mass is 465 g/mol. The zero-order chi connectivity index (χ0) is 18.3. The zero-order valence-electron chi connectivity index (χ0n) is 15.4. The van der Waals surface area contributed by atoms with Gasteiger partial charge in [0.15, 0.2) is 11.5 Å². The number of ether oxygens (including phenoxy) is 3. The second kappa shape index (κ2) is 7.37. The van der Waals surface area contributed by atoms with Crippen molar-refractivity contribution in [1.82, 2.24) is 4.90 Å². The Morgan fingerprint density at radius 1 is 1.08 bits per heavy atom. The third kappa shape index (κ3) is 3.10. The van der Waals surface area contributed by atoms with Crippen LogP contribution in [0.15, 0.2) is 36.4 Å². The van der Waals surface area contributed by atoms with Gasteiger partial charge in [0, 0.05) is 3.57 Å². The Morgan fingerprint density at radius 2 is 1.81 bits per heavy atom. The maximum atomic E-state index is 6.66. The van der Waals surface area contributed by atoms with Gasteiger partial charge in [0.2, 0.25) is 0 Å². The van der Waals surface area contributed by atoms with Crippen LogP contribution in [0.5, 0.6) is 11.5 Å². The highest BCUT2D eigenvalue weighted by Crippen LogP contribution is 2.48. The first-order valence-corrected chi connectivity index (χ1v) is 10.1. The van der Waals surface area contributed by atoms with Crippen LogP contribution in [0.2, 0.25) is 0 Å². The molecule has 1 saturated heterocycles. The molecule has 4 rings (SSSR count).